The van der Waals surface area contributed by atoms with Crippen LogP contribution in [0.5, 0.6) is 11.5 Å². The Morgan fingerprint density at radius 2 is 1.62 bits per heavy atom. The number of halogens is 3. The third-order valence-corrected chi connectivity index (χ3v) is 6.79. The minimum Gasteiger partial charge on any atom is -0.486 e. The van der Waals surface area contributed by atoms with Crippen molar-refractivity contribution >= 4 is 23.0 Å². The number of hydrazone groups is 1. The van der Waals surface area contributed by atoms with Crippen LogP contribution in [-0.4, -0.2) is 24.8 Å². The molecule has 0 aromatic heterocycles. The number of benzene rings is 4. The predicted molar refractivity (Wildman–Crippen MR) is 146 cm³/mol. The first kappa shape index (κ1) is 25.5. The van der Waals surface area contributed by atoms with E-state index in [1.807, 2.05) is 71.7 Å². The van der Waals surface area contributed by atoms with Crippen LogP contribution in [-0.2, 0) is 6.18 Å². The molecule has 4 aromatic carbocycles. The Morgan fingerprint density at radius 3 is 2.42 bits per heavy atom. The maximum Gasteiger partial charge on any atom is 0.416 e. The Balaban J connectivity index is 1.28. The van der Waals surface area contributed by atoms with Gasteiger partial charge in [-0.2, -0.15) is 18.3 Å². The minimum atomic E-state index is -4.53. The highest BCUT2D eigenvalue weighted by Gasteiger charge is 2.32. The molecule has 1 N–H and O–H groups in total. The lowest BCUT2D eigenvalue weighted by Gasteiger charge is -2.24. The van der Waals surface area contributed by atoms with Gasteiger partial charge in [-0.1, -0.05) is 36.4 Å². The molecule has 1 amide bonds. The molecule has 0 bridgehead atoms. The van der Waals surface area contributed by atoms with Crippen LogP contribution < -0.4 is 19.8 Å². The monoisotopic (exact) mass is 543 g/mol. The van der Waals surface area contributed by atoms with Gasteiger partial charge in [0.2, 0.25) is 0 Å². The third-order valence-electron chi connectivity index (χ3n) is 6.79. The van der Waals surface area contributed by atoms with Crippen molar-refractivity contribution in [3.8, 4) is 11.5 Å². The zero-order valence-corrected chi connectivity index (χ0v) is 21.2. The molecular formula is C31H24F3N3O3. The van der Waals surface area contributed by atoms with Gasteiger partial charge in [-0.25, -0.2) is 0 Å². The summed E-state index contributed by atoms with van der Waals surface area (Å²) in [7, 11) is 0. The highest BCUT2D eigenvalue weighted by molar-refractivity contribution is 6.05. The van der Waals surface area contributed by atoms with Crippen molar-refractivity contribution < 1.29 is 27.4 Å². The molecule has 2 aliphatic rings. The van der Waals surface area contributed by atoms with E-state index in [1.165, 1.54) is 12.1 Å². The summed E-state index contributed by atoms with van der Waals surface area (Å²) >= 11 is 0. The molecule has 0 fully saturated rings. The first-order chi connectivity index (χ1) is 19.3. The zero-order valence-electron chi connectivity index (χ0n) is 21.2. The number of carbonyl (C=O) groups is 1. The molecule has 1 atom stereocenters. The first-order valence-electron chi connectivity index (χ1n) is 12.8. The van der Waals surface area contributed by atoms with Crippen molar-refractivity contribution in [1.82, 2.24) is 0 Å². The number of nitrogens with zero attached hydrogens (tertiary/aromatic N) is 2. The number of ether oxygens (including phenoxy) is 2. The highest BCUT2D eigenvalue weighted by Crippen LogP contribution is 2.39. The second-order valence-electron chi connectivity index (χ2n) is 9.46. The van der Waals surface area contributed by atoms with Gasteiger partial charge in [0.25, 0.3) is 5.91 Å². The van der Waals surface area contributed by atoms with E-state index < -0.39 is 17.6 Å². The summed E-state index contributed by atoms with van der Waals surface area (Å²) in [5.41, 5.74) is 3.10. The van der Waals surface area contributed by atoms with Crippen LogP contribution in [0.2, 0.25) is 0 Å². The number of para-hydroxylation sites is 1. The van der Waals surface area contributed by atoms with Crippen LogP contribution >= 0.6 is 0 Å². The van der Waals surface area contributed by atoms with Gasteiger partial charge in [-0.05, 0) is 66.2 Å². The van der Waals surface area contributed by atoms with Crippen LogP contribution in [0.25, 0.3) is 0 Å². The van der Waals surface area contributed by atoms with E-state index in [4.69, 9.17) is 14.6 Å². The topological polar surface area (TPSA) is 63.2 Å². The first-order valence-corrected chi connectivity index (χ1v) is 12.8. The van der Waals surface area contributed by atoms with Gasteiger partial charge >= 0.3 is 6.18 Å². The molecule has 4 aromatic rings. The summed E-state index contributed by atoms with van der Waals surface area (Å²) in [5.74, 6) is 0.762. The molecule has 1 unspecified atom stereocenters. The van der Waals surface area contributed by atoms with Gasteiger partial charge in [0.15, 0.2) is 11.5 Å². The number of hydrogen-bond acceptors (Lipinski definition) is 5. The van der Waals surface area contributed by atoms with Gasteiger partial charge in [0.05, 0.1) is 23.0 Å². The fourth-order valence-corrected chi connectivity index (χ4v) is 4.85. The minimum absolute atomic E-state index is 0.0729. The number of hydrogen-bond donors (Lipinski definition) is 1. The summed E-state index contributed by atoms with van der Waals surface area (Å²) in [4.78, 5) is 12.8. The number of rotatable bonds is 5. The summed E-state index contributed by atoms with van der Waals surface area (Å²) in [6.07, 6.45) is -3.95. The van der Waals surface area contributed by atoms with Crippen LogP contribution in [0.15, 0.2) is 102 Å². The summed E-state index contributed by atoms with van der Waals surface area (Å²) in [5, 5.41) is 9.65. The lowest BCUT2D eigenvalue weighted by molar-refractivity contribution is -0.137. The largest absolute Gasteiger partial charge is 0.486 e. The third kappa shape index (κ3) is 5.22. The molecular weight excluding hydrogens is 519 g/mol. The van der Waals surface area contributed by atoms with E-state index >= 15 is 0 Å². The van der Waals surface area contributed by atoms with Gasteiger partial charge in [0, 0.05) is 23.2 Å². The molecule has 9 heteroatoms. The second kappa shape index (κ2) is 10.4. The smallest absolute Gasteiger partial charge is 0.416 e. The number of amides is 1. The molecule has 2 aliphatic heterocycles. The van der Waals surface area contributed by atoms with E-state index in [0.29, 0.717) is 36.8 Å². The maximum absolute atomic E-state index is 13.1. The molecule has 0 saturated heterocycles. The van der Waals surface area contributed by atoms with E-state index in [0.717, 1.165) is 34.7 Å². The zero-order chi connectivity index (χ0) is 27.7. The van der Waals surface area contributed by atoms with E-state index in [2.05, 4.69) is 5.32 Å². The van der Waals surface area contributed by atoms with E-state index in [-0.39, 0.29) is 11.6 Å². The van der Waals surface area contributed by atoms with Crippen LogP contribution in [0.3, 0.4) is 0 Å². The van der Waals surface area contributed by atoms with E-state index in [1.54, 1.807) is 6.07 Å². The lowest BCUT2D eigenvalue weighted by Crippen LogP contribution is -2.19. The van der Waals surface area contributed by atoms with Gasteiger partial charge in [0.1, 0.15) is 13.2 Å². The molecule has 0 aliphatic carbocycles. The normalized spacial score (nSPS) is 16.4. The van der Waals surface area contributed by atoms with Crippen molar-refractivity contribution in [3.05, 3.63) is 119 Å². The maximum atomic E-state index is 13.1. The fraction of sp³-hybridized carbons (Fsp3) is 0.161. The Hall–Kier alpha value is -4.79. The predicted octanol–water partition coefficient (Wildman–Crippen LogP) is 7.08. The Labute approximate surface area is 228 Å². The molecule has 0 saturated carbocycles. The molecule has 6 rings (SSSR count). The van der Waals surface area contributed by atoms with Crippen molar-refractivity contribution in [2.24, 2.45) is 5.10 Å². The van der Waals surface area contributed by atoms with Crippen molar-refractivity contribution in [1.29, 1.82) is 0 Å². The average molecular weight is 544 g/mol. The summed E-state index contributed by atoms with van der Waals surface area (Å²) < 4.78 is 50.8. The fourth-order valence-electron chi connectivity index (χ4n) is 4.85. The lowest BCUT2D eigenvalue weighted by atomic mass is 9.97. The Morgan fingerprint density at radius 1 is 0.850 bits per heavy atom. The molecule has 2 heterocycles. The van der Waals surface area contributed by atoms with Crippen molar-refractivity contribution in [2.75, 3.05) is 23.5 Å². The molecule has 6 nitrogen and oxygen atoms in total. The number of carbonyl (C=O) groups excluding carboxylic acids is 1. The SMILES string of the molecule is O=C(Nc1cccc(C2CC(c3ccc4c(c3)OCCO4)=NN2c2ccccc2)c1)c1cccc(C(F)(F)F)c1. The highest BCUT2D eigenvalue weighted by atomic mass is 19.4. The molecule has 202 valence electrons. The van der Waals surface area contributed by atoms with Crippen molar-refractivity contribution in [3.63, 3.8) is 0 Å². The van der Waals surface area contributed by atoms with E-state index in [9.17, 15) is 18.0 Å². The van der Waals surface area contributed by atoms with Crippen LogP contribution in [0.4, 0.5) is 24.5 Å². The molecule has 40 heavy (non-hydrogen) atoms. The number of nitrogens with one attached hydrogen (secondary N) is 1. The average Bonchev–Trinajstić information content (AvgIpc) is 3.43. The molecule has 0 spiro atoms. The number of anilines is 2. The number of alkyl halides is 3. The number of fused-ring (bicyclic) bond motifs is 1. The van der Waals surface area contributed by atoms with Gasteiger partial charge in [-0.3, -0.25) is 9.80 Å². The quantitative estimate of drug-likeness (QED) is 0.292. The summed E-state index contributed by atoms with van der Waals surface area (Å²) in [6.45, 7) is 0.999. The van der Waals surface area contributed by atoms with Crippen LogP contribution in [0.1, 0.15) is 39.5 Å². The Bertz CT molecular complexity index is 1590. The second-order valence-corrected chi connectivity index (χ2v) is 9.46. The standard InChI is InChI=1S/C31H24F3N3O3/c32-31(33,34)23-8-4-7-22(16-23)30(38)35-24-9-5-6-21(17-24)27-19-26(36-37(27)25-10-2-1-3-11-25)20-12-13-28-29(18-20)40-15-14-39-28/h1-13,16-18,27H,14-15,19H2,(H,35,38). The van der Waals surface area contributed by atoms with Gasteiger partial charge < -0.3 is 14.8 Å². The van der Waals surface area contributed by atoms with Crippen LogP contribution in [0, 0.1) is 0 Å². The molecule has 0 radical (unpaired) electrons. The van der Waals surface area contributed by atoms with Crippen molar-refractivity contribution in [2.45, 2.75) is 18.6 Å². The summed E-state index contributed by atoms with van der Waals surface area (Å²) in [6, 6.07) is 27.0. The Kier molecular flexibility index (Phi) is 6.63. The van der Waals surface area contributed by atoms with Gasteiger partial charge in [-0.15, -0.1) is 0 Å².